The molecule has 0 bridgehead atoms. The summed E-state index contributed by atoms with van der Waals surface area (Å²) >= 11 is 0.0453. The van der Waals surface area contributed by atoms with Gasteiger partial charge >= 0.3 is 12.3 Å². The summed E-state index contributed by atoms with van der Waals surface area (Å²) in [6, 6.07) is 5.38. The first-order valence-corrected chi connectivity index (χ1v) is 14.4. The molecule has 1 aromatic carbocycles. The number of hydrogen-bond donors (Lipinski definition) is 1. The number of nitrogens with zero attached hydrogens (tertiary/aromatic N) is 3. The lowest BCUT2D eigenvalue weighted by atomic mass is 10.1. The summed E-state index contributed by atoms with van der Waals surface area (Å²) in [5, 5.41) is 10.8. The molecule has 1 fully saturated rings. The zero-order valence-corrected chi connectivity index (χ0v) is 25.9. The lowest BCUT2D eigenvalue weighted by molar-refractivity contribution is -0.134. The zero-order valence-electron chi connectivity index (χ0n) is 25.1. The molecule has 1 aromatic heterocycles. The van der Waals surface area contributed by atoms with Crippen LogP contribution < -0.4 is 0 Å². The minimum Gasteiger partial charge on any atom is -0.444 e. The summed E-state index contributed by atoms with van der Waals surface area (Å²) in [6.45, 7) is 17.6. The SMILES string of the molecule is CC.CC.CC(C)(C)OC(=O)N1CCC[C@H]1c1nc(-c2ccc(SF)cc2)c(CCC(F)(F)F)n1O.CC=CC. The predicted molar refractivity (Wildman–Crippen MR) is 154 cm³/mol. The van der Waals surface area contributed by atoms with Gasteiger partial charge in [0.1, 0.15) is 5.60 Å². The van der Waals surface area contributed by atoms with E-state index in [1.54, 1.807) is 20.8 Å². The number of benzene rings is 1. The first kappa shape index (κ1) is 37.3. The van der Waals surface area contributed by atoms with E-state index in [1.807, 2.05) is 53.7 Å². The van der Waals surface area contributed by atoms with Crippen molar-refractivity contribution in [1.82, 2.24) is 14.6 Å². The minimum absolute atomic E-state index is 0.0194. The van der Waals surface area contributed by atoms with Crippen LogP contribution in [0, 0.1) is 0 Å². The van der Waals surface area contributed by atoms with Crippen LogP contribution in [0.3, 0.4) is 0 Å². The van der Waals surface area contributed by atoms with E-state index in [2.05, 4.69) is 4.98 Å². The highest BCUT2D eigenvalue weighted by Gasteiger charge is 2.38. The van der Waals surface area contributed by atoms with Gasteiger partial charge in [0.2, 0.25) is 0 Å². The number of hydrogen-bond acceptors (Lipinski definition) is 5. The Morgan fingerprint density at radius 2 is 1.65 bits per heavy atom. The molecule has 3 rings (SSSR count). The summed E-state index contributed by atoms with van der Waals surface area (Å²) in [5.41, 5.74) is -0.138. The van der Waals surface area contributed by atoms with Crippen LogP contribution in [0.5, 0.6) is 0 Å². The fourth-order valence-electron chi connectivity index (χ4n) is 3.63. The molecule has 2 heterocycles. The van der Waals surface area contributed by atoms with Crippen molar-refractivity contribution in [2.24, 2.45) is 0 Å². The number of likely N-dealkylation sites (tertiary alicyclic amines) is 1. The molecule has 2 aromatic rings. The third-order valence-electron chi connectivity index (χ3n) is 5.35. The maximum Gasteiger partial charge on any atom is 0.410 e. The van der Waals surface area contributed by atoms with Gasteiger partial charge in [-0.15, -0.1) is 0 Å². The van der Waals surface area contributed by atoms with Gasteiger partial charge in [-0.1, -0.05) is 52.0 Å². The van der Waals surface area contributed by atoms with Gasteiger partial charge < -0.3 is 9.94 Å². The number of aromatic nitrogens is 2. The number of ether oxygens (including phenoxy) is 1. The Balaban J connectivity index is 0.00000171. The van der Waals surface area contributed by atoms with E-state index in [9.17, 15) is 27.1 Å². The number of rotatable bonds is 5. The molecule has 1 aliphatic rings. The zero-order chi connectivity index (χ0) is 31.1. The largest absolute Gasteiger partial charge is 0.444 e. The molecule has 228 valence electrons. The summed E-state index contributed by atoms with van der Waals surface area (Å²) in [4.78, 5) is 18.9. The molecule has 11 heteroatoms. The molecule has 1 aliphatic heterocycles. The first-order chi connectivity index (χ1) is 18.8. The van der Waals surface area contributed by atoms with Crippen molar-refractivity contribution in [3.8, 4) is 11.3 Å². The van der Waals surface area contributed by atoms with Gasteiger partial charge in [-0.3, -0.25) is 4.90 Å². The van der Waals surface area contributed by atoms with E-state index in [-0.39, 0.29) is 29.4 Å². The van der Waals surface area contributed by atoms with Gasteiger partial charge in [-0.05, 0) is 59.6 Å². The molecule has 40 heavy (non-hydrogen) atoms. The van der Waals surface area contributed by atoms with Gasteiger partial charge in [0.05, 0.1) is 29.6 Å². The van der Waals surface area contributed by atoms with Crippen molar-refractivity contribution < 1.29 is 31.8 Å². The molecule has 0 saturated carbocycles. The number of allylic oxidation sites excluding steroid dienone is 2. The van der Waals surface area contributed by atoms with Gasteiger partial charge in [-0.25, -0.2) is 9.78 Å². The Kier molecular flexibility index (Phi) is 16.7. The summed E-state index contributed by atoms with van der Waals surface area (Å²) < 4.78 is 57.6. The molecular formula is C29H45F4N3O3S. The van der Waals surface area contributed by atoms with Crippen LogP contribution in [0.25, 0.3) is 11.3 Å². The van der Waals surface area contributed by atoms with Crippen LogP contribution in [0.15, 0.2) is 41.3 Å². The Bertz CT molecular complexity index is 1030. The molecule has 1 N–H and O–H groups in total. The van der Waals surface area contributed by atoms with Gasteiger partial charge in [0, 0.05) is 29.8 Å². The third-order valence-corrected chi connectivity index (χ3v) is 5.80. The summed E-state index contributed by atoms with van der Waals surface area (Å²) in [5.74, 6) is 0.0736. The Labute approximate surface area is 241 Å². The number of amides is 1. The van der Waals surface area contributed by atoms with E-state index in [4.69, 9.17) is 4.74 Å². The monoisotopic (exact) mass is 591 g/mol. The minimum atomic E-state index is -4.42. The number of alkyl halides is 3. The molecule has 0 spiro atoms. The molecule has 1 amide bonds. The van der Waals surface area contributed by atoms with Gasteiger partial charge in [0.15, 0.2) is 5.82 Å². The van der Waals surface area contributed by atoms with Gasteiger partial charge in [0.25, 0.3) is 0 Å². The maximum atomic E-state index is 12.9. The number of imidazole rings is 1. The molecular weight excluding hydrogens is 546 g/mol. The van der Waals surface area contributed by atoms with Crippen LogP contribution >= 0.6 is 12.1 Å². The Morgan fingerprint density at radius 3 is 2.10 bits per heavy atom. The standard InChI is InChI=1S/C21H25F4N3O3S.C4H8.2C2H6/c1-20(2,3)31-19(29)27-12-4-5-16(27)18-26-17(13-6-8-14(32-25)9-7-13)15(28(18)30)10-11-21(22,23)24;1-3-4-2;2*1-2/h6-9,16,30H,4-5,10-12H2,1-3H3;3-4H,1-2H3;2*1-2H3/t16-;;;/m0.../s1. The number of halogens is 4. The lowest BCUT2D eigenvalue weighted by Crippen LogP contribution is -2.37. The average molecular weight is 592 g/mol. The molecule has 0 aliphatic carbocycles. The fourth-order valence-corrected chi connectivity index (χ4v) is 3.87. The van der Waals surface area contributed by atoms with Crippen molar-refractivity contribution >= 4 is 18.2 Å². The van der Waals surface area contributed by atoms with Crippen molar-refractivity contribution in [2.45, 2.75) is 111 Å². The average Bonchev–Trinajstić information content (AvgIpc) is 3.53. The van der Waals surface area contributed by atoms with E-state index < -0.39 is 36.8 Å². The third kappa shape index (κ3) is 11.8. The summed E-state index contributed by atoms with van der Waals surface area (Å²) in [6.07, 6.45) is -1.54. The van der Waals surface area contributed by atoms with Crippen molar-refractivity contribution in [2.75, 3.05) is 6.54 Å². The van der Waals surface area contributed by atoms with E-state index in [1.165, 1.54) is 29.2 Å². The first-order valence-electron chi connectivity index (χ1n) is 13.6. The van der Waals surface area contributed by atoms with Crippen molar-refractivity contribution in [1.29, 1.82) is 0 Å². The molecule has 0 unspecified atom stereocenters. The predicted octanol–water partition coefficient (Wildman–Crippen LogP) is 9.97. The molecule has 1 saturated heterocycles. The quantitative estimate of drug-likeness (QED) is 0.213. The van der Waals surface area contributed by atoms with E-state index in [0.29, 0.717) is 34.6 Å². The van der Waals surface area contributed by atoms with Crippen LogP contribution in [-0.4, -0.2) is 44.2 Å². The second-order valence-corrected chi connectivity index (χ2v) is 9.92. The van der Waals surface area contributed by atoms with Crippen LogP contribution in [-0.2, 0) is 11.2 Å². The smallest absolute Gasteiger partial charge is 0.410 e. The maximum absolute atomic E-state index is 12.9. The van der Waals surface area contributed by atoms with E-state index >= 15 is 0 Å². The van der Waals surface area contributed by atoms with Crippen LogP contribution in [0.1, 0.15) is 99.1 Å². The topological polar surface area (TPSA) is 67.6 Å². The Morgan fingerprint density at radius 1 is 1.10 bits per heavy atom. The van der Waals surface area contributed by atoms with Crippen LogP contribution in [0.4, 0.5) is 21.9 Å². The lowest BCUT2D eigenvalue weighted by Gasteiger charge is -2.28. The van der Waals surface area contributed by atoms with Crippen molar-refractivity contribution in [3.63, 3.8) is 0 Å². The normalized spacial score (nSPS) is 14.9. The number of carbonyl (C=O) groups excluding carboxylic acids is 1. The summed E-state index contributed by atoms with van der Waals surface area (Å²) in [7, 11) is 0. The van der Waals surface area contributed by atoms with E-state index in [0.717, 1.165) is 0 Å². The van der Waals surface area contributed by atoms with Gasteiger partial charge in [-0.2, -0.15) is 21.8 Å². The second kappa shape index (κ2) is 17.9. The molecule has 0 radical (unpaired) electrons. The molecule has 6 nitrogen and oxygen atoms in total. The highest BCUT2D eigenvalue weighted by molar-refractivity contribution is 7.94. The number of carbonyl (C=O) groups is 1. The Hall–Kier alpha value is -2.69. The fraction of sp³-hybridized carbons (Fsp3) is 0.586. The highest BCUT2D eigenvalue weighted by atomic mass is 32.2. The van der Waals surface area contributed by atoms with Crippen LogP contribution in [0.2, 0.25) is 0 Å². The second-order valence-electron chi connectivity index (χ2n) is 9.29. The highest BCUT2D eigenvalue weighted by Crippen LogP contribution is 2.37. The van der Waals surface area contributed by atoms with Crippen molar-refractivity contribution in [3.05, 3.63) is 47.9 Å². The molecule has 1 atom stereocenters.